The third-order valence-corrected chi connectivity index (χ3v) is 5.64. The van der Waals surface area contributed by atoms with Crippen molar-refractivity contribution < 1.29 is 4.79 Å². The van der Waals surface area contributed by atoms with Crippen LogP contribution in [0.15, 0.2) is 42.6 Å². The SMILES string of the molecule is CC1C(=O)Nc2cc(CN3CC=C(c4ccc(Cl)cc4)CC3)cnc2N1C. The summed E-state index contributed by atoms with van der Waals surface area (Å²) in [5.41, 5.74) is 4.52. The molecule has 1 amide bonds. The van der Waals surface area contributed by atoms with Crippen molar-refractivity contribution in [3.05, 3.63) is 58.8 Å². The van der Waals surface area contributed by atoms with Gasteiger partial charge in [-0.3, -0.25) is 9.69 Å². The number of nitrogens with one attached hydrogen (secondary N) is 1. The molecule has 1 N–H and O–H groups in total. The number of amides is 1. The van der Waals surface area contributed by atoms with Crippen LogP contribution in [0.1, 0.15) is 24.5 Å². The predicted octanol–water partition coefficient (Wildman–Crippen LogP) is 3.80. The fraction of sp³-hybridized carbons (Fsp3) is 0.333. The summed E-state index contributed by atoms with van der Waals surface area (Å²) >= 11 is 5.98. The zero-order chi connectivity index (χ0) is 19.0. The summed E-state index contributed by atoms with van der Waals surface area (Å²) in [4.78, 5) is 20.9. The molecule has 6 heteroatoms. The van der Waals surface area contributed by atoms with Crippen molar-refractivity contribution >= 4 is 34.6 Å². The second kappa shape index (κ2) is 7.33. The molecular formula is C21H23ClN4O. The highest BCUT2D eigenvalue weighted by molar-refractivity contribution is 6.30. The molecule has 0 fully saturated rings. The smallest absolute Gasteiger partial charge is 0.246 e. The van der Waals surface area contributed by atoms with E-state index in [1.54, 1.807) is 0 Å². The Morgan fingerprint density at radius 2 is 2.07 bits per heavy atom. The van der Waals surface area contributed by atoms with E-state index >= 15 is 0 Å². The number of fused-ring (bicyclic) bond motifs is 1. The third kappa shape index (κ3) is 3.70. The molecule has 0 saturated heterocycles. The van der Waals surface area contributed by atoms with Crippen molar-refractivity contribution in [2.24, 2.45) is 0 Å². The van der Waals surface area contributed by atoms with E-state index in [1.165, 1.54) is 11.1 Å². The molecule has 5 nitrogen and oxygen atoms in total. The number of carbonyl (C=O) groups excluding carboxylic acids is 1. The van der Waals surface area contributed by atoms with Gasteiger partial charge >= 0.3 is 0 Å². The summed E-state index contributed by atoms with van der Waals surface area (Å²) in [5.74, 6) is 0.840. The highest BCUT2D eigenvalue weighted by Crippen LogP contribution is 2.30. The number of carbonyl (C=O) groups is 1. The molecule has 4 rings (SSSR count). The van der Waals surface area contributed by atoms with Gasteiger partial charge in [-0.1, -0.05) is 29.8 Å². The average molecular weight is 383 g/mol. The first-order chi connectivity index (χ1) is 13.0. The Bertz CT molecular complexity index is 894. The molecule has 3 heterocycles. The van der Waals surface area contributed by atoms with Gasteiger partial charge in [-0.25, -0.2) is 4.98 Å². The number of hydrogen-bond acceptors (Lipinski definition) is 4. The van der Waals surface area contributed by atoms with Crippen LogP contribution in [-0.4, -0.2) is 42.0 Å². The monoisotopic (exact) mass is 382 g/mol. The Labute approximate surface area is 164 Å². The predicted molar refractivity (Wildman–Crippen MR) is 110 cm³/mol. The van der Waals surface area contributed by atoms with Gasteiger partial charge in [0, 0.05) is 37.9 Å². The minimum Gasteiger partial charge on any atom is -0.346 e. The zero-order valence-corrected chi connectivity index (χ0v) is 16.3. The van der Waals surface area contributed by atoms with E-state index in [0.717, 1.165) is 48.1 Å². The first-order valence-electron chi connectivity index (χ1n) is 9.21. The first kappa shape index (κ1) is 18.0. The van der Waals surface area contributed by atoms with E-state index in [1.807, 2.05) is 43.3 Å². The molecular weight excluding hydrogens is 360 g/mol. The van der Waals surface area contributed by atoms with E-state index in [0.29, 0.717) is 0 Å². The Kier molecular flexibility index (Phi) is 4.89. The average Bonchev–Trinajstić information content (AvgIpc) is 2.67. The minimum atomic E-state index is -0.200. The van der Waals surface area contributed by atoms with E-state index in [4.69, 9.17) is 11.6 Å². The van der Waals surface area contributed by atoms with Crippen molar-refractivity contribution in [2.75, 3.05) is 30.4 Å². The van der Waals surface area contributed by atoms with Crippen LogP contribution in [0.2, 0.25) is 5.02 Å². The van der Waals surface area contributed by atoms with Gasteiger partial charge in [0.1, 0.15) is 6.04 Å². The molecule has 2 aliphatic rings. The molecule has 0 saturated carbocycles. The number of aromatic nitrogens is 1. The van der Waals surface area contributed by atoms with E-state index in [2.05, 4.69) is 33.4 Å². The normalized spacial score (nSPS) is 20.1. The lowest BCUT2D eigenvalue weighted by Crippen LogP contribution is -2.44. The molecule has 0 bridgehead atoms. The van der Waals surface area contributed by atoms with Gasteiger partial charge in [0.15, 0.2) is 5.82 Å². The number of nitrogens with zero attached hydrogens (tertiary/aromatic N) is 3. The van der Waals surface area contributed by atoms with Gasteiger partial charge in [-0.2, -0.15) is 0 Å². The maximum atomic E-state index is 12.1. The van der Waals surface area contributed by atoms with Gasteiger partial charge in [0.2, 0.25) is 5.91 Å². The molecule has 140 valence electrons. The first-order valence-corrected chi connectivity index (χ1v) is 9.59. The highest BCUT2D eigenvalue weighted by atomic mass is 35.5. The lowest BCUT2D eigenvalue weighted by Gasteiger charge is -2.32. The summed E-state index contributed by atoms with van der Waals surface area (Å²) in [6.45, 7) is 4.60. The van der Waals surface area contributed by atoms with Crippen LogP contribution in [0.5, 0.6) is 0 Å². The molecule has 2 aliphatic heterocycles. The summed E-state index contributed by atoms with van der Waals surface area (Å²) < 4.78 is 0. The minimum absolute atomic E-state index is 0.0115. The quantitative estimate of drug-likeness (QED) is 0.877. The van der Waals surface area contributed by atoms with Crippen LogP contribution >= 0.6 is 11.6 Å². The molecule has 0 radical (unpaired) electrons. The Morgan fingerprint density at radius 1 is 1.30 bits per heavy atom. The van der Waals surface area contributed by atoms with Crippen molar-refractivity contribution in [1.82, 2.24) is 9.88 Å². The molecule has 0 spiro atoms. The zero-order valence-electron chi connectivity index (χ0n) is 15.6. The maximum Gasteiger partial charge on any atom is 0.246 e. The Balaban J connectivity index is 1.44. The second-order valence-corrected chi connectivity index (χ2v) is 7.65. The second-order valence-electron chi connectivity index (χ2n) is 7.21. The molecule has 0 aliphatic carbocycles. The molecule has 1 aromatic carbocycles. The summed E-state index contributed by atoms with van der Waals surface area (Å²) in [5, 5.41) is 3.73. The number of rotatable bonds is 3. The van der Waals surface area contributed by atoms with Crippen molar-refractivity contribution in [1.29, 1.82) is 0 Å². The van der Waals surface area contributed by atoms with E-state index in [9.17, 15) is 4.79 Å². The van der Waals surface area contributed by atoms with Crippen molar-refractivity contribution in [2.45, 2.75) is 25.9 Å². The molecule has 1 aromatic heterocycles. The third-order valence-electron chi connectivity index (χ3n) is 5.39. The van der Waals surface area contributed by atoms with Crippen LogP contribution < -0.4 is 10.2 Å². The number of halogens is 1. The van der Waals surface area contributed by atoms with Crippen LogP contribution in [0, 0.1) is 0 Å². The van der Waals surface area contributed by atoms with Crippen LogP contribution in [-0.2, 0) is 11.3 Å². The molecule has 1 unspecified atom stereocenters. The lowest BCUT2D eigenvalue weighted by atomic mass is 9.99. The fourth-order valence-electron chi connectivity index (χ4n) is 3.60. The van der Waals surface area contributed by atoms with Gasteiger partial charge in [-0.05, 0) is 48.2 Å². The van der Waals surface area contributed by atoms with Gasteiger partial charge in [-0.15, -0.1) is 0 Å². The van der Waals surface area contributed by atoms with Crippen LogP contribution in [0.4, 0.5) is 11.5 Å². The summed E-state index contributed by atoms with van der Waals surface area (Å²) in [6, 6.07) is 9.88. The molecule has 1 atom stereocenters. The topological polar surface area (TPSA) is 48.5 Å². The van der Waals surface area contributed by atoms with E-state index < -0.39 is 0 Å². The van der Waals surface area contributed by atoms with Gasteiger partial charge in [0.25, 0.3) is 0 Å². The fourth-order valence-corrected chi connectivity index (χ4v) is 3.72. The van der Waals surface area contributed by atoms with Gasteiger partial charge in [0.05, 0.1) is 5.69 Å². The van der Waals surface area contributed by atoms with Crippen molar-refractivity contribution in [3.8, 4) is 0 Å². The number of pyridine rings is 1. The lowest BCUT2D eigenvalue weighted by molar-refractivity contribution is -0.117. The largest absolute Gasteiger partial charge is 0.346 e. The van der Waals surface area contributed by atoms with Crippen molar-refractivity contribution in [3.63, 3.8) is 0 Å². The number of hydrogen-bond donors (Lipinski definition) is 1. The van der Waals surface area contributed by atoms with E-state index in [-0.39, 0.29) is 11.9 Å². The summed E-state index contributed by atoms with van der Waals surface area (Å²) in [7, 11) is 1.91. The van der Waals surface area contributed by atoms with Crippen LogP contribution in [0.25, 0.3) is 5.57 Å². The number of anilines is 2. The van der Waals surface area contributed by atoms with Gasteiger partial charge < -0.3 is 10.2 Å². The molecule has 27 heavy (non-hydrogen) atoms. The maximum absolute atomic E-state index is 12.1. The highest BCUT2D eigenvalue weighted by Gasteiger charge is 2.28. The number of benzene rings is 1. The number of likely N-dealkylation sites (N-methyl/N-ethyl adjacent to an activating group) is 1. The molecule has 2 aromatic rings. The Hall–Kier alpha value is -2.37. The summed E-state index contributed by atoms with van der Waals surface area (Å²) in [6.07, 6.45) is 5.21. The Morgan fingerprint density at radius 3 is 2.78 bits per heavy atom. The standard InChI is InChI=1S/C21H23ClN4O/c1-14-21(27)24-19-11-15(12-23-20(19)25(14)2)13-26-9-7-17(8-10-26)16-3-5-18(22)6-4-16/h3-7,11-12,14H,8-10,13H2,1-2H3,(H,24,27). The van der Waals surface area contributed by atoms with Crippen LogP contribution in [0.3, 0.4) is 0 Å².